The molecule has 0 aliphatic rings. The minimum Gasteiger partial charge on any atom is -0.508 e. The molecule has 0 saturated carbocycles. The lowest BCUT2D eigenvalue weighted by atomic mass is 9.97. The Morgan fingerprint density at radius 2 is 1.93 bits per heavy atom. The number of nitrogens with two attached hydrogens (primary N) is 1. The highest BCUT2D eigenvalue weighted by Gasteiger charge is 2.16. The Bertz CT molecular complexity index is 329. The molecule has 0 fully saturated rings. The van der Waals surface area contributed by atoms with Crippen LogP contribution >= 0.6 is 23.2 Å². The lowest BCUT2D eigenvalue weighted by Gasteiger charge is -2.17. The zero-order valence-corrected chi connectivity index (χ0v) is 10.3. The van der Waals surface area contributed by atoms with E-state index in [9.17, 15) is 5.11 Å². The van der Waals surface area contributed by atoms with Crippen LogP contribution in [0.1, 0.15) is 31.9 Å². The molecule has 0 aliphatic heterocycles. The van der Waals surface area contributed by atoms with Crippen molar-refractivity contribution in [2.75, 3.05) is 0 Å². The molecule has 0 saturated heterocycles. The molecule has 2 nitrogen and oxygen atoms in total. The van der Waals surface area contributed by atoms with Gasteiger partial charge in [0.25, 0.3) is 0 Å². The average Bonchev–Trinajstić information content (AvgIpc) is 1.99. The highest BCUT2D eigenvalue weighted by Crippen LogP contribution is 2.35. The SMILES string of the molecule is CC(C)C[C@H](N)c1c(O)cc(Cl)cc1Cl. The Labute approximate surface area is 100.0 Å². The molecule has 3 N–H and O–H groups in total. The molecule has 0 heterocycles. The molecule has 1 aromatic carbocycles. The lowest BCUT2D eigenvalue weighted by molar-refractivity contribution is 0.445. The van der Waals surface area contributed by atoms with Gasteiger partial charge in [0.1, 0.15) is 5.75 Å². The highest BCUT2D eigenvalue weighted by atomic mass is 35.5. The smallest absolute Gasteiger partial charge is 0.123 e. The van der Waals surface area contributed by atoms with Crippen molar-refractivity contribution in [2.24, 2.45) is 11.7 Å². The normalized spacial score (nSPS) is 13.2. The molecule has 0 bridgehead atoms. The standard InChI is InChI=1S/C11H15Cl2NO/c1-6(2)3-9(14)11-8(13)4-7(12)5-10(11)15/h4-6,9,15H,3,14H2,1-2H3/t9-/m0/s1. The Morgan fingerprint density at radius 1 is 1.33 bits per heavy atom. The molecular weight excluding hydrogens is 233 g/mol. The molecule has 1 rings (SSSR count). The Morgan fingerprint density at radius 3 is 2.40 bits per heavy atom. The van der Waals surface area contributed by atoms with Crippen LogP contribution in [0.2, 0.25) is 10.0 Å². The van der Waals surface area contributed by atoms with Crippen LogP contribution in [-0.4, -0.2) is 5.11 Å². The summed E-state index contributed by atoms with van der Waals surface area (Å²) in [5, 5.41) is 10.5. The second-order valence-electron chi connectivity index (χ2n) is 4.06. The monoisotopic (exact) mass is 247 g/mol. The Hall–Kier alpha value is -0.440. The molecule has 0 amide bonds. The van der Waals surface area contributed by atoms with Gasteiger partial charge in [-0.05, 0) is 24.5 Å². The fourth-order valence-electron chi connectivity index (χ4n) is 1.56. The Kier molecular flexibility index (Phi) is 4.26. The molecule has 0 unspecified atom stereocenters. The van der Waals surface area contributed by atoms with Gasteiger partial charge in [-0.15, -0.1) is 0 Å². The summed E-state index contributed by atoms with van der Waals surface area (Å²) in [6, 6.07) is 2.80. The zero-order chi connectivity index (χ0) is 11.6. The minimum absolute atomic E-state index is 0.0700. The molecule has 0 spiro atoms. The molecule has 15 heavy (non-hydrogen) atoms. The lowest BCUT2D eigenvalue weighted by Crippen LogP contribution is -2.13. The van der Waals surface area contributed by atoms with Crippen molar-refractivity contribution < 1.29 is 5.11 Å². The average molecular weight is 248 g/mol. The number of phenolic OH excluding ortho intramolecular Hbond substituents is 1. The molecular formula is C11H15Cl2NO. The maximum absolute atomic E-state index is 9.71. The van der Waals surface area contributed by atoms with Crippen LogP contribution in [0.4, 0.5) is 0 Å². The van der Waals surface area contributed by atoms with Gasteiger partial charge in [0.2, 0.25) is 0 Å². The number of rotatable bonds is 3. The first kappa shape index (κ1) is 12.6. The first-order valence-electron chi connectivity index (χ1n) is 4.85. The van der Waals surface area contributed by atoms with Crippen molar-refractivity contribution in [2.45, 2.75) is 26.3 Å². The van der Waals surface area contributed by atoms with E-state index in [-0.39, 0.29) is 11.8 Å². The van der Waals surface area contributed by atoms with Crippen molar-refractivity contribution >= 4 is 23.2 Å². The van der Waals surface area contributed by atoms with Crippen molar-refractivity contribution in [1.82, 2.24) is 0 Å². The van der Waals surface area contributed by atoms with Crippen molar-refractivity contribution in [1.29, 1.82) is 0 Å². The summed E-state index contributed by atoms with van der Waals surface area (Å²) in [6.45, 7) is 4.14. The van der Waals surface area contributed by atoms with Crippen LogP contribution in [0, 0.1) is 5.92 Å². The van der Waals surface area contributed by atoms with E-state index in [1.807, 2.05) is 0 Å². The number of hydrogen-bond donors (Lipinski definition) is 2. The topological polar surface area (TPSA) is 46.2 Å². The number of aromatic hydroxyl groups is 1. The second kappa shape index (κ2) is 5.06. The summed E-state index contributed by atoms with van der Waals surface area (Å²) >= 11 is 11.7. The van der Waals surface area contributed by atoms with Crippen LogP contribution in [0.15, 0.2) is 12.1 Å². The Balaban J connectivity index is 3.03. The van der Waals surface area contributed by atoms with Gasteiger partial charge in [0.05, 0.1) is 5.02 Å². The van der Waals surface area contributed by atoms with E-state index in [0.29, 0.717) is 21.5 Å². The summed E-state index contributed by atoms with van der Waals surface area (Å²) in [6.07, 6.45) is 0.773. The van der Waals surface area contributed by atoms with E-state index in [1.54, 1.807) is 6.07 Å². The number of hydrogen-bond acceptors (Lipinski definition) is 2. The van der Waals surface area contributed by atoms with Crippen molar-refractivity contribution in [3.05, 3.63) is 27.7 Å². The summed E-state index contributed by atoms with van der Waals surface area (Å²) in [5.74, 6) is 0.520. The van der Waals surface area contributed by atoms with E-state index in [4.69, 9.17) is 28.9 Å². The third kappa shape index (κ3) is 3.26. The van der Waals surface area contributed by atoms with E-state index >= 15 is 0 Å². The van der Waals surface area contributed by atoms with Crippen LogP contribution in [0.25, 0.3) is 0 Å². The van der Waals surface area contributed by atoms with Gasteiger partial charge >= 0.3 is 0 Å². The molecule has 0 aromatic heterocycles. The van der Waals surface area contributed by atoms with Gasteiger partial charge < -0.3 is 10.8 Å². The van der Waals surface area contributed by atoms with Gasteiger partial charge in [-0.2, -0.15) is 0 Å². The van der Waals surface area contributed by atoms with Crippen LogP contribution in [0.5, 0.6) is 5.75 Å². The molecule has 84 valence electrons. The van der Waals surface area contributed by atoms with Gasteiger partial charge in [0.15, 0.2) is 0 Å². The molecule has 1 atom stereocenters. The number of benzene rings is 1. The molecule has 0 radical (unpaired) electrons. The number of phenols is 1. The molecule has 1 aromatic rings. The fourth-order valence-corrected chi connectivity index (χ4v) is 2.19. The largest absolute Gasteiger partial charge is 0.508 e. The van der Waals surface area contributed by atoms with Crippen LogP contribution in [-0.2, 0) is 0 Å². The molecule has 4 heteroatoms. The third-order valence-corrected chi connectivity index (χ3v) is 2.70. The van der Waals surface area contributed by atoms with Crippen molar-refractivity contribution in [3.63, 3.8) is 0 Å². The maximum Gasteiger partial charge on any atom is 0.123 e. The predicted octanol–water partition coefficient (Wildman–Crippen LogP) is 3.74. The summed E-state index contributed by atoms with van der Waals surface area (Å²) in [5.41, 5.74) is 6.54. The quantitative estimate of drug-likeness (QED) is 0.855. The summed E-state index contributed by atoms with van der Waals surface area (Å²) < 4.78 is 0. The maximum atomic E-state index is 9.71. The van der Waals surface area contributed by atoms with E-state index in [1.165, 1.54) is 6.07 Å². The van der Waals surface area contributed by atoms with E-state index < -0.39 is 0 Å². The summed E-state index contributed by atoms with van der Waals surface area (Å²) in [7, 11) is 0. The highest BCUT2D eigenvalue weighted by molar-refractivity contribution is 6.35. The van der Waals surface area contributed by atoms with E-state index in [0.717, 1.165) is 6.42 Å². The summed E-state index contributed by atoms with van der Waals surface area (Å²) in [4.78, 5) is 0. The van der Waals surface area contributed by atoms with Gasteiger partial charge in [-0.3, -0.25) is 0 Å². The number of halogens is 2. The van der Waals surface area contributed by atoms with Gasteiger partial charge in [0, 0.05) is 16.6 Å². The third-order valence-electron chi connectivity index (χ3n) is 2.17. The first-order valence-corrected chi connectivity index (χ1v) is 5.61. The first-order chi connectivity index (χ1) is 6.91. The van der Waals surface area contributed by atoms with Gasteiger partial charge in [-0.1, -0.05) is 37.0 Å². The van der Waals surface area contributed by atoms with Crippen LogP contribution < -0.4 is 5.73 Å². The predicted molar refractivity (Wildman–Crippen MR) is 64.5 cm³/mol. The van der Waals surface area contributed by atoms with Crippen LogP contribution in [0.3, 0.4) is 0 Å². The van der Waals surface area contributed by atoms with Gasteiger partial charge in [-0.25, -0.2) is 0 Å². The zero-order valence-electron chi connectivity index (χ0n) is 8.80. The second-order valence-corrected chi connectivity index (χ2v) is 4.90. The minimum atomic E-state index is -0.255. The van der Waals surface area contributed by atoms with Crippen molar-refractivity contribution in [3.8, 4) is 5.75 Å². The fraction of sp³-hybridized carbons (Fsp3) is 0.455. The molecule has 0 aliphatic carbocycles. The van der Waals surface area contributed by atoms with E-state index in [2.05, 4.69) is 13.8 Å².